The van der Waals surface area contributed by atoms with Crippen LogP contribution in [-0.2, 0) is 6.61 Å². The first kappa shape index (κ1) is 15.3. The molecule has 1 aromatic carbocycles. The highest BCUT2D eigenvalue weighted by Crippen LogP contribution is 2.29. The van der Waals surface area contributed by atoms with E-state index in [1.54, 1.807) is 11.3 Å². The molecular weight excluding hydrogens is 292 g/mol. The molecule has 108 valence electrons. The molecule has 0 aliphatic rings. The molecule has 0 fully saturated rings. The van der Waals surface area contributed by atoms with Crippen LogP contribution in [0.2, 0.25) is 5.02 Å². The van der Waals surface area contributed by atoms with E-state index in [1.165, 1.54) is 0 Å². The fraction of sp³-hybridized carbons (Fsp3) is 0.400. The zero-order chi connectivity index (χ0) is 14.5. The summed E-state index contributed by atoms with van der Waals surface area (Å²) in [5.41, 5.74) is 1.16. The van der Waals surface area contributed by atoms with Gasteiger partial charge in [-0.2, -0.15) is 0 Å². The van der Waals surface area contributed by atoms with Gasteiger partial charge in [0.25, 0.3) is 0 Å². The van der Waals surface area contributed by atoms with Gasteiger partial charge in [-0.25, -0.2) is 4.98 Å². The van der Waals surface area contributed by atoms with Crippen molar-refractivity contribution in [3.63, 3.8) is 0 Å². The maximum atomic E-state index is 6.28. The number of nitrogens with zero attached hydrogens (tertiary/aromatic N) is 1. The molecule has 0 amide bonds. The third kappa shape index (κ3) is 3.95. The largest absolute Gasteiger partial charge is 0.486 e. The number of thiazole rings is 1. The minimum atomic E-state index is 0.288. The van der Waals surface area contributed by atoms with Crippen LogP contribution >= 0.6 is 22.9 Å². The minimum absolute atomic E-state index is 0.288. The predicted octanol–water partition coefficient (Wildman–Crippen LogP) is 4.35. The second-order valence-corrected chi connectivity index (χ2v) is 6.33. The quantitative estimate of drug-likeness (QED) is 0.861. The van der Waals surface area contributed by atoms with Crippen LogP contribution in [0.5, 0.6) is 5.75 Å². The molecule has 0 bridgehead atoms. The second-order valence-electron chi connectivity index (χ2n) is 4.60. The number of ether oxygens (including phenoxy) is 1. The standard InChI is InChI=1S/C15H19ClN2OS/c1-4-17-10(2)12-5-6-15(14(16)7-12)19-9-13-8-18-11(3)20-13/h5-8,10,17H,4,9H2,1-3H3. The van der Waals surface area contributed by atoms with Crippen LogP contribution in [0.15, 0.2) is 24.4 Å². The molecule has 3 nitrogen and oxygen atoms in total. The summed E-state index contributed by atoms with van der Waals surface area (Å²) in [5, 5.41) is 5.06. The fourth-order valence-electron chi connectivity index (χ4n) is 1.95. The minimum Gasteiger partial charge on any atom is -0.486 e. The van der Waals surface area contributed by atoms with Crippen molar-refractivity contribution in [2.75, 3.05) is 6.54 Å². The van der Waals surface area contributed by atoms with Gasteiger partial charge in [-0.3, -0.25) is 0 Å². The van der Waals surface area contributed by atoms with Gasteiger partial charge in [0.1, 0.15) is 12.4 Å². The van der Waals surface area contributed by atoms with E-state index < -0.39 is 0 Å². The van der Waals surface area contributed by atoms with Gasteiger partial charge < -0.3 is 10.1 Å². The van der Waals surface area contributed by atoms with Gasteiger partial charge in [0.15, 0.2) is 0 Å². The lowest BCUT2D eigenvalue weighted by Crippen LogP contribution is -2.17. The zero-order valence-electron chi connectivity index (χ0n) is 11.9. The van der Waals surface area contributed by atoms with Crippen molar-refractivity contribution < 1.29 is 4.74 Å². The van der Waals surface area contributed by atoms with E-state index in [1.807, 2.05) is 31.3 Å². The Kier molecular flexibility index (Phi) is 5.40. The highest BCUT2D eigenvalue weighted by atomic mass is 35.5. The van der Waals surface area contributed by atoms with Gasteiger partial charge in [0.05, 0.1) is 14.9 Å². The molecule has 0 aliphatic carbocycles. The van der Waals surface area contributed by atoms with E-state index in [2.05, 4.69) is 24.1 Å². The molecule has 0 radical (unpaired) electrons. The van der Waals surface area contributed by atoms with Gasteiger partial charge in [0.2, 0.25) is 0 Å². The van der Waals surface area contributed by atoms with E-state index in [9.17, 15) is 0 Å². The van der Waals surface area contributed by atoms with Crippen molar-refractivity contribution >= 4 is 22.9 Å². The van der Waals surface area contributed by atoms with Crippen molar-refractivity contribution in [1.29, 1.82) is 0 Å². The van der Waals surface area contributed by atoms with Crippen molar-refractivity contribution in [2.45, 2.75) is 33.4 Å². The Labute approximate surface area is 129 Å². The van der Waals surface area contributed by atoms with Crippen molar-refractivity contribution in [2.24, 2.45) is 0 Å². The monoisotopic (exact) mass is 310 g/mol. The van der Waals surface area contributed by atoms with Gasteiger partial charge in [-0.05, 0) is 38.1 Å². The Balaban J connectivity index is 2.02. The van der Waals surface area contributed by atoms with E-state index in [0.29, 0.717) is 17.4 Å². The summed E-state index contributed by atoms with van der Waals surface area (Å²) >= 11 is 7.92. The van der Waals surface area contributed by atoms with Crippen molar-refractivity contribution in [3.05, 3.63) is 44.9 Å². The Morgan fingerprint density at radius 1 is 1.45 bits per heavy atom. The molecule has 1 unspecified atom stereocenters. The summed E-state index contributed by atoms with van der Waals surface area (Å²) in [7, 11) is 0. The first-order valence-corrected chi connectivity index (χ1v) is 7.86. The van der Waals surface area contributed by atoms with Gasteiger partial charge >= 0.3 is 0 Å². The molecule has 0 saturated heterocycles. The average molecular weight is 311 g/mol. The summed E-state index contributed by atoms with van der Waals surface area (Å²) < 4.78 is 5.75. The van der Waals surface area contributed by atoms with Crippen molar-refractivity contribution in [3.8, 4) is 5.75 Å². The van der Waals surface area contributed by atoms with Crippen LogP contribution in [0.3, 0.4) is 0 Å². The number of hydrogen-bond acceptors (Lipinski definition) is 4. The summed E-state index contributed by atoms with van der Waals surface area (Å²) in [6.45, 7) is 7.63. The lowest BCUT2D eigenvalue weighted by molar-refractivity contribution is 0.309. The number of hydrogen-bond donors (Lipinski definition) is 1. The topological polar surface area (TPSA) is 34.1 Å². The Hall–Kier alpha value is -1.10. The summed E-state index contributed by atoms with van der Waals surface area (Å²) in [4.78, 5) is 5.31. The summed E-state index contributed by atoms with van der Waals surface area (Å²) in [5.74, 6) is 0.713. The third-order valence-electron chi connectivity index (χ3n) is 3.01. The summed E-state index contributed by atoms with van der Waals surface area (Å²) in [6, 6.07) is 6.23. The zero-order valence-corrected chi connectivity index (χ0v) is 13.5. The van der Waals surface area contributed by atoms with Crippen LogP contribution < -0.4 is 10.1 Å². The Morgan fingerprint density at radius 3 is 2.85 bits per heavy atom. The van der Waals surface area contributed by atoms with Crippen LogP contribution in [0.25, 0.3) is 0 Å². The van der Waals surface area contributed by atoms with E-state index in [-0.39, 0.29) is 6.04 Å². The van der Waals surface area contributed by atoms with E-state index in [4.69, 9.17) is 16.3 Å². The Morgan fingerprint density at radius 2 is 2.25 bits per heavy atom. The van der Waals surface area contributed by atoms with Gasteiger partial charge in [0, 0.05) is 12.2 Å². The molecule has 1 N–H and O–H groups in total. The smallest absolute Gasteiger partial charge is 0.138 e. The van der Waals surface area contributed by atoms with E-state index >= 15 is 0 Å². The van der Waals surface area contributed by atoms with Crippen LogP contribution in [0, 0.1) is 6.92 Å². The fourth-order valence-corrected chi connectivity index (χ4v) is 2.90. The highest BCUT2D eigenvalue weighted by molar-refractivity contribution is 7.11. The normalized spacial score (nSPS) is 12.4. The number of halogens is 1. The molecule has 0 saturated carbocycles. The highest BCUT2D eigenvalue weighted by Gasteiger charge is 2.08. The number of benzene rings is 1. The first-order valence-electron chi connectivity index (χ1n) is 6.67. The number of nitrogens with one attached hydrogen (secondary N) is 1. The van der Waals surface area contributed by atoms with Gasteiger partial charge in [-0.15, -0.1) is 11.3 Å². The molecule has 0 aliphatic heterocycles. The van der Waals surface area contributed by atoms with Crippen LogP contribution in [0.1, 0.15) is 35.3 Å². The van der Waals surface area contributed by atoms with E-state index in [0.717, 1.165) is 22.0 Å². The molecule has 2 rings (SSSR count). The molecule has 0 spiro atoms. The molecule has 1 heterocycles. The lowest BCUT2D eigenvalue weighted by Gasteiger charge is -2.14. The molecular formula is C15H19ClN2OS. The second kappa shape index (κ2) is 7.07. The Bertz CT molecular complexity index is 571. The predicted molar refractivity (Wildman–Crippen MR) is 84.7 cm³/mol. The van der Waals surface area contributed by atoms with Crippen LogP contribution in [-0.4, -0.2) is 11.5 Å². The molecule has 1 aromatic heterocycles. The van der Waals surface area contributed by atoms with Crippen molar-refractivity contribution in [1.82, 2.24) is 10.3 Å². The SMILES string of the molecule is CCNC(C)c1ccc(OCc2cnc(C)s2)c(Cl)c1. The number of aromatic nitrogens is 1. The molecule has 1 atom stereocenters. The maximum absolute atomic E-state index is 6.28. The van der Waals surface area contributed by atoms with Gasteiger partial charge in [-0.1, -0.05) is 24.6 Å². The summed E-state index contributed by atoms with van der Waals surface area (Å²) in [6.07, 6.45) is 1.84. The number of aryl methyl sites for hydroxylation is 1. The lowest BCUT2D eigenvalue weighted by atomic mass is 10.1. The molecule has 5 heteroatoms. The maximum Gasteiger partial charge on any atom is 0.138 e. The number of rotatable bonds is 6. The van der Waals surface area contributed by atoms with Crippen LogP contribution in [0.4, 0.5) is 0 Å². The average Bonchev–Trinajstić information content (AvgIpc) is 2.83. The molecule has 2 aromatic rings. The first-order chi connectivity index (χ1) is 9.60. The third-order valence-corrected chi connectivity index (χ3v) is 4.19. The molecule has 20 heavy (non-hydrogen) atoms.